The van der Waals surface area contributed by atoms with E-state index in [4.69, 9.17) is 4.74 Å². The fraction of sp³-hybridized carbons (Fsp3) is 0.409. The highest BCUT2D eigenvalue weighted by molar-refractivity contribution is 5.81. The fourth-order valence-corrected chi connectivity index (χ4v) is 3.30. The Morgan fingerprint density at radius 3 is 2.42 bits per heavy atom. The summed E-state index contributed by atoms with van der Waals surface area (Å²) in [6.07, 6.45) is -0.462. The zero-order valence-corrected chi connectivity index (χ0v) is 15.9. The Balaban J connectivity index is 1.52. The second-order valence-electron chi connectivity index (χ2n) is 7.12. The van der Waals surface area contributed by atoms with Gasteiger partial charge in [0, 0.05) is 32.7 Å². The lowest BCUT2D eigenvalue weighted by Crippen LogP contribution is -2.51. The maximum absolute atomic E-state index is 12.7. The third kappa shape index (κ3) is 4.64. The van der Waals surface area contributed by atoms with Crippen molar-refractivity contribution in [2.24, 2.45) is 0 Å². The number of nitrogens with zero attached hydrogens (tertiary/aromatic N) is 2. The normalized spacial score (nSPS) is 16.3. The van der Waals surface area contributed by atoms with E-state index in [0.717, 1.165) is 49.6 Å². The third-order valence-corrected chi connectivity index (χ3v) is 4.93. The van der Waals surface area contributed by atoms with Crippen LogP contribution in [0.5, 0.6) is 5.75 Å². The number of ether oxygens (including phenoxy) is 1. The number of carbonyl (C=O) groups is 1. The first-order chi connectivity index (χ1) is 12.5. The predicted molar refractivity (Wildman–Crippen MR) is 104 cm³/mol. The first-order valence-corrected chi connectivity index (χ1v) is 9.32. The summed E-state index contributed by atoms with van der Waals surface area (Å²) in [5.41, 5.74) is 3.52. The summed E-state index contributed by atoms with van der Waals surface area (Å²) in [7, 11) is 0. The van der Waals surface area contributed by atoms with Crippen LogP contribution in [-0.4, -0.2) is 48.0 Å². The van der Waals surface area contributed by atoms with Crippen LogP contribution < -0.4 is 4.74 Å². The Bertz CT molecular complexity index is 737. The molecule has 0 N–H and O–H groups in total. The van der Waals surface area contributed by atoms with Gasteiger partial charge in [-0.2, -0.15) is 0 Å². The number of carbonyl (C=O) groups excluding carboxylic acids is 1. The van der Waals surface area contributed by atoms with Crippen molar-refractivity contribution in [1.29, 1.82) is 0 Å². The molecule has 0 aromatic heterocycles. The molecule has 4 nitrogen and oxygen atoms in total. The molecule has 1 fully saturated rings. The van der Waals surface area contributed by atoms with Crippen molar-refractivity contribution in [3.63, 3.8) is 0 Å². The number of aryl methyl sites for hydroxylation is 2. The molecule has 0 radical (unpaired) electrons. The van der Waals surface area contributed by atoms with Crippen LogP contribution in [0.15, 0.2) is 48.5 Å². The second-order valence-corrected chi connectivity index (χ2v) is 7.12. The van der Waals surface area contributed by atoms with Gasteiger partial charge >= 0.3 is 0 Å². The highest BCUT2D eigenvalue weighted by Gasteiger charge is 2.26. The quantitative estimate of drug-likeness (QED) is 0.827. The lowest BCUT2D eigenvalue weighted by Gasteiger charge is -2.36. The van der Waals surface area contributed by atoms with E-state index in [-0.39, 0.29) is 5.91 Å². The average Bonchev–Trinajstić information content (AvgIpc) is 2.65. The van der Waals surface area contributed by atoms with Crippen molar-refractivity contribution in [2.45, 2.75) is 33.4 Å². The Kier molecular flexibility index (Phi) is 5.94. The first kappa shape index (κ1) is 18.5. The SMILES string of the molecule is Cc1ccc(C)c(O[C@H](C)C(=O)N2CCN(Cc3ccccc3)CC2)c1. The third-order valence-electron chi connectivity index (χ3n) is 4.93. The summed E-state index contributed by atoms with van der Waals surface area (Å²) in [6, 6.07) is 16.6. The van der Waals surface area contributed by atoms with Gasteiger partial charge in [-0.25, -0.2) is 0 Å². The van der Waals surface area contributed by atoms with Gasteiger partial charge in [-0.3, -0.25) is 9.69 Å². The Morgan fingerprint density at radius 1 is 1.04 bits per heavy atom. The molecule has 0 bridgehead atoms. The van der Waals surface area contributed by atoms with Crippen molar-refractivity contribution in [3.05, 3.63) is 65.2 Å². The number of piperazine rings is 1. The Morgan fingerprint density at radius 2 is 1.73 bits per heavy atom. The van der Waals surface area contributed by atoms with E-state index < -0.39 is 6.10 Å². The molecule has 0 unspecified atom stereocenters. The summed E-state index contributed by atoms with van der Waals surface area (Å²) in [6.45, 7) is 10.1. The van der Waals surface area contributed by atoms with Crippen LogP contribution in [0.25, 0.3) is 0 Å². The lowest BCUT2D eigenvalue weighted by atomic mass is 10.1. The summed E-state index contributed by atoms with van der Waals surface area (Å²) < 4.78 is 5.96. The van der Waals surface area contributed by atoms with Gasteiger partial charge in [0.05, 0.1) is 0 Å². The largest absolute Gasteiger partial charge is 0.481 e. The Labute approximate surface area is 156 Å². The monoisotopic (exact) mass is 352 g/mol. The number of hydrogen-bond acceptors (Lipinski definition) is 3. The zero-order chi connectivity index (χ0) is 18.5. The van der Waals surface area contributed by atoms with Crippen molar-refractivity contribution in [2.75, 3.05) is 26.2 Å². The minimum Gasteiger partial charge on any atom is -0.481 e. The first-order valence-electron chi connectivity index (χ1n) is 9.32. The number of amides is 1. The van der Waals surface area contributed by atoms with E-state index >= 15 is 0 Å². The van der Waals surface area contributed by atoms with E-state index in [2.05, 4.69) is 35.2 Å². The molecule has 1 amide bonds. The van der Waals surface area contributed by atoms with Crippen LogP contribution in [0.1, 0.15) is 23.6 Å². The second kappa shape index (κ2) is 8.37. The summed E-state index contributed by atoms with van der Waals surface area (Å²) in [4.78, 5) is 17.1. The number of hydrogen-bond donors (Lipinski definition) is 0. The van der Waals surface area contributed by atoms with E-state index in [1.54, 1.807) is 0 Å². The number of rotatable bonds is 5. The fourth-order valence-electron chi connectivity index (χ4n) is 3.30. The van der Waals surface area contributed by atoms with Gasteiger partial charge < -0.3 is 9.64 Å². The van der Waals surface area contributed by atoms with Gasteiger partial charge in [-0.05, 0) is 43.5 Å². The van der Waals surface area contributed by atoms with E-state index in [9.17, 15) is 4.79 Å². The van der Waals surface area contributed by atoms with Crippen molar-refractivity contribution in [1.82, 2.24) is 9.80 Å². The molecule has 0 saturated carbocycles. The van der Waals surface area contributed by atoms with Crippen molar-refractivity contribution < 1.29 is 9.53 Å². The zero-order valence-electron chi connectivity index (χ0n) is 15.9. The summed E-state index contributed by atoms with van der Waals surface area (Å²) >= 11 is 0. The van der Waals surface area contributed by atoms with Crippen LogP contribution in [0.3, 0.4) is 0 Å². The van der Waals surface area contributed by atoms with Gasteiger partial charge in [-0.1, -0.05) is 42.5 Å². The van der Waals surface area contributed by atoms with Gasteiger partial charge in [0.1, 0.15) is 5.75 Å². The van der Waals surface area contributed by atoms with Crippen LogP contribution in [0.4, 0.5) is 0 Å². The summed E-state index contributed by atoms with van der Waals surface area (Å²) in [5, 5.41) is 0. The topological polar surface area (TPSA) is 32.8 Å². The molecule has 138 valence electrons. The minimum atomic E-state index is -0.462. The predicted octanol–water partition coefficient (Wildman–Crippen LogP) is 3.42. The van der Waals surface area contributed by atoms with Gasteiger partial charge in [0.15, 0.2) is 6.10 Å². The van der Waals surface area contributed by atoms with E-state index in [1.807, 2.05) is 43.9 Å². The van der Waals surface area contributed by atoms with E-state index in [0.29, 0.717) is 0 Å². The maximum atomic E-state index is 12.7. The van der Waals surface area contributed by atoms with E-state index in [1.165, 1.54) is 5.56 Å². The molecule has 1 aliphatic rings. The molecule has 1 saturated heterocycles. The van der Waals surface area contributed by atoms with Crippen LogP contribution in [0.2, 0.25) is 0 Å². The van der Waals surface area contributed by atoms with Crippen molar-refractivity contribution >= 4 is 5.91 Å². The highest BCUT2D eigenvalue weighted by atomic mass is 16.5. The average molecular weight is 352 g/mol. The molecule has 1 aliphatic heterocycles. The maximum Gasteiger partial charge on any atom is 0.263 e. The molecule has 3 rings (SSSR count). The van der Waals surface area contributed by atoms with Gasteiger partial charge in [0.2, 0.25) is 0 Å². The molecule has 26 heavy (non-hydrogen) atoms. The molecule has 1 heterocycles. The smallest absolute Gasteiger partial charge is 0.263 e. The van der Waals surface area contributed by atoms with Gasteiger partial charge in [0.25, 0.3) is 5.91 Å². The van der Waals surface area contributed by atoms with Crippen LogP contribution in [0, 0.1) is 13.8 Å². The Hall–Kier alpha value is -2.33. The molecule has 4 heteroatoms. The molecule has 2 aromatic carbocycles. The minimum absolute atomic E-state index is 0.0743. The summed E-state index contributed by atoms with van der Waals surface area (Å²) in [5.74, 6) is 0.874. The van der Waals surface area contributed by atoms with Gasteiger partial charge in [-0.15, -0.1) is 0 Å². The molecule has 1 atom stereocenters. The molecular weight excluding hydrogens is 324 g/mol. The molecule has 0 aliphatic carbocycles. The molecule has 2 aromatic rings. The highest BCUT2D eigenvalue weighted by Crippen LogP contribution is 2.21. The van der Waals surface area contributed by atoms with Crippen molar-refractivity contribution in [3.8, 4) is 5.75 Å². The van der Waals surface area contributed by atoms with Crippen LogP contribution >= 0.6 is 0 Å². The lowest BCUT2D eigenvalue weighted by molar-refractivity contribution is -0.139. The standard InChI is InChI=1S/C22H28N2O2/c1-17-9-10-18(2)21(15-17)26-19(3)22(25)24-13-11-23(12-14-24)16-20-7-5-4-6-8-20/h4-10,15,19H,11-14,16H2,1-3H3/t19-/m1/s1. The van der Waals surface area contributed by atoms with Crippen LogP contribution in [-0.2, 0) is 11.3 Å². The molecule has 0 spiro atoms. The number of benzene rings is 2. The molecular formula is C22H28N2O2.